The number of hydrogen-bond donors (Lipinski definition) is 0. The van der Waals surface area contributed by atoms with Crippen molar-refractivity contribution in [1.82, 2.24) is 9.80 Å². The molecule has 88 valence electrons. The van der Waals surface area contributed by atoms with Gasteiger partial charge < -0.3 is 9.80 Å². The van der Waals surface area contributed by atoms with Crippen LogP contribution in [0.5, 0.6) is 0 Å². The second-order valence-electron chi connectivity index (χ2n) is 5.68. The Kier molecular flexibility index (Phi) is 4.04. The summed E-state index contributed by atoms with van der Waals surface area (Å²) in [7, 11) is 4.57. The Labute approximate surface area is 94.6 Å². The van der Waals surface area contributed by atoms with E-state index in [0.29, 0.717) is 0 Å². The molecular weight excluding hydrogens is 184 g/mol. The van der Waals surface area contributed by atoms with Gasteiger partial charge in [0.15, 0.2) is 0 Å². The van der Waals surface area contributed by atoms with Crippen LogP contribution in [0, 0.1) is 11.8 Å². The van der Waals surface area contributed by atoms with Gasteiger partial charge in [-0.3, -0.25) is 0 Å². The summed E-state index contributed by atoms with van der Waals surface area (Å²) < 4.78 is 0. The molecule has 0 spiro atoms. The zero-order chi connectivity index (χ0) is 10.7. The van der Waals surface area contributed by atoms with Crippen LogP contribution in [-0.2, 0) is 0 Å². The van der Waals surface area contributed by atoms with Gasteiger partial charge in [0.25, 0.3) is 0 Å². The molecule has 2 rings (SSSR count). The third-order valence-corrected chi connectivity index (χ3v) is 4.26. The average Bonchev–Trinajstić information content (AvgIpc) is 2.58. The lowest BCUT2D eigenvalue weighted by atomic mass is 9.85. The van der Waals surface area contributed by atoms with Crippen molar-refractivity contribution in [2.45, 2.75) is 32.1 Å². The molecule has 2 fully saturated rings. The van der Waals surface area contributed by atoms with Crippen molar-refractivity contribution < 1.29 is 0 Å². The van der Waals surface area contributed by atoms with Crippen molar-refractivity contribution in [3.05, 3.63) is 0 Å². The van der Waals surface area contributed by atoms with Gasteiger partial charge in [-0.15, -0.1) is 0 Å². The molecule has 0 bridgehead atoms. The minimum absolute atomic E-state index is 0.972. The second-order valence-corrected chi connectivity index (χ2v) is 5.68. The van der Waals surface area contributed by atoms with Gasteiger partial charge in [0.2, 0.25) is 0 Å². The van der Waals surface area contributed by atoms with Gasteiger partial charge in [0.05, 0.1) is 0 Å². The smallest absolute Gasteiger partial charge is 0.00102 e. The highest BCUT2D eigenvalue weighted by atomic mass is 15.1. The van der Waals surface area contributed by atoms with Crippen LogP contribution in [0.2, 0.25) is 0 Å². The van der Waals surface area contributed by atoms with E-state index in [1.165, 1.54) is 58.3 Å². The first-order valence-corrected chi connectivity index (χ1v) is 6.63. The fourth-order valence-corrected chi connectivity index (χ4v) is 3.29. The van der Waals surface area contributed by atoms with Crippen LogP contribution in [0.3, 0.4) is 0 Å². The third-order valence-electron chi connectivity index (χ3n) is 4.26. The van der Waals surface area contributed by atoms with Crippen LogP contribution in [0.15, 0.2) is 0 Å². The lowest BCUT2D eigenvalue weighted by molar-refractivity contribution is 0.187. The van der Waals surface area contributed by atoms with Crippen LogP contribution in [-0.4, -0.2) is 50.1 Å². The highest BCUT2D eigenvalue weighted by Crippen LogP contribution is 2.29. The summed E-state index contributed by atoms with van der Waals surface area (Å²) in [5, 5.41) is 0. The molecule has 15 heavy (non-hydrogen) atoms. The lowest BCUT2D eigenvalue weighted by Crippen LogP contribution is -2.33. The van der Waals surface area contributed by atoms with Crippen LogP contribution in [0.25, 0.3) is 0 Å². The number of hydrogen-bond acceptors (Lipinski definition) is 2. The van der Waals surface area contributed by atoms with Gasteiger partial charge in [-0.2, -0.15) is 0 Å². The van der Waals surface area contributed by atoms with E-state index in [0.717, 1.165) is 11.8 Å². The minimum atomic E-state index is 0.972. The summed E-state index contributed by atoms with van der Waals surface area (Å²) in [6, 6.07) is 0. The lowest BCUT2D eigenvalue weighted by Gasteiger charge is -2.30. The van der Waals surface area contributed by atoms with Crippen molar-refractivity contribution in [2.75, 3.05) is 40.3 Å². The molecule has 2 atom stereocenters. The molecule has 2 heterocycles. The largest absolute Gasteiger partial charge is 0.306 e. The molecule has 0 aliphatic carbocycles. The van der Waals surface area contributed by atoms with E-state index in [1.54, 1.807) is 0 Å². The van der Waals surface area contributed by atoms with E-state index in [2.05, 4.69) is 23.9 Å². The molecule has 2 aliphatic heterocycles. The van der Waals surface area contributed by atoms with Gasteiger partial charge >= 0.3 is 0 Å². The topological polar surface area (TPSA) is 6.48 Å². The molecule has 0 aromatic heterocycles. The van der Waals surface area contributed by atoms with Crippen molar-refractivity contribution in [1.29, 1.82) is 0 Å². The maximum absolute atomic E-state index is 2.56. The number of rotatable bonds is 1. The maximum Gasteiger partial charge on any atom is 0.00102 e. The van der Waals surface area contributed by atoms with Gasteiger partial charge in [-0.05, 0) is 58.3 Å². The molecule has 0 aromatic carbocycles. The maximum atomic E-state index is 2.56. The van der Waals surface area contributed by atoms with Crippen molar-refractivity contribution >= 4 is 0 Å². The summed E-state index contributed by atoms with van der Waals surface area (Å²) in [4.78, 5) is 5.06. The standard InChI is InChI=1S/C13H26N2/c1-14-8-5-3-4-6-12(10-14)13-7-9-15(2)11-13/h12-13H,3-11H2,1-2H3. The first-order valence-electron chi connectivity index (χ1n) is 6.63. The molecule has 2 unspecified atom stereocenters. The van der Waals surface area contributed by atoms with Crippen molar-refractivity contribution in [3.63, 3.8) is 0 Å². The van der Waals surface area contributed by atoms with Gasteiger partial charge in [-0.1, -0.05) is 12.8 Å². The van der Waals surface area contributed by atoms with E-state index in [4.69, 9.17) is 0 Å². The predicted octanol–water partition coefficient (Wildman–Crippen LogP) is 2.06. The first kappa shape index (κ1) is 11.4. The van der Waals surface area contributed by atoms with Crippen LogP contribution < -0.4 is 0 Å². The summed E-state index contributed by atoms with van der Waals surface area (Å²) in [6.45, 7) is 5.33. The molecule has 0 amide bonds. The average molecular weight is 210 g/mol. The predicted molar refractivity (Wildman–Crippen MR) is 65.1 cm³/mol. The Morgan fingerprint density at radius 1 is 0.733 bits per heavy atom. The second kappa shape index (κ2) is 5.31. The Hall–Kier alpha value is -0.0800. The quantitative estimate of drug-likeness (QED) is 0.653. The van der Waals surface area contributed by atoms with Crippen LogP contribution in [0.1, 0.15) is 32.1 Å². The summed E-state index contributed by atoms with van der Waals surface area (Å²) in [5.41, 5.74) is 0. The van der Waals surface area contributed by atoms with Crippen LogP contribution in [0.4, 0.5) is 0 Å². The molecule has 0 N–H and O–H groups in total. The normalized spacial score (nSPS) is 36.4. The third kappa shape index (κ3) is 3.18. The zero-order valence-electron chi connectivity index (χ0n) is 10.4. The van der Waals surface area contributed by atoms with E-state index >= 15 is 0 Å². The zero-order valence-corrected chi connectivity index (χ0v) is 10.4. The minimum Gasteiger partial charge on any atom is -0.306 e. The molecular formula is C13H26N2. The summed E-state index contributed by atoms with van der Waals surface area (Å²) >= 11 is 0. The van der Waals surface area contributed by atoms with Crippen molar-refractivity contribution in [2.24, 2.45) is 11.8 Å². The number of likely N-dealkylation sites (tertiary alicyclic amines) is 2. The van der Waals surface area contributed by atoms with Gasteiger partial charge in [0, 0.05) is 13.1 Å². The van der Waals surface area contributed by atoms with E-state index < -0.39 is 0 Å². The molecule has 0 radical (unpaired) electrons. The SMILES string of the molecule is CN1CCCCCC(C2CCN(C)C2)C1. The fraction of sp³-hybridized carbons (Fsp3) is 1.00. The molecule has 2 saturated heterocycles. The molecule has 2 nitrogen and oxygen atoms in total. The van der Waals surface area contributed by atoms with Gasteiger partial charge in [-0.25, -0.2) is 0 Å². The molecule has 0 saturated carbocycles. The van der Waals surface area contributed by atoms with Crippen LogP contribution >= 0.6 is 0 Å². The monoisotopic (exact) mass is 210 g/mol. The molecule has 2 heteroatoms. The summed E-state index contributed by atoms with van der Waals surface area (Å²) in [6.07, 6.45) is 7.24. The number of nitrogens with zero attached hydrogens (tertiary/aromatic N) is 2. The van der Waals surface area contributed by atoms with E-state index in [1.807, 2.05) is 0 Å². The Bertz CT molecular complexity index is 193. The fourth-order valence-electron chi connectivity index (χ4n) is 3.29. The summed E-state index contributed by atoms with van der Waals surface area (Å²) in [5.74, 6) is 1.95. The van der Waals surface area contributed by atoms with E-state index in [9.17, 15) is 0 Å². The Balaban J connectivity index is 1.87. The molecule has 2 aliphatic rings. The highest BCUT2D eigenvalue weighted by Gasteiger charge is 2.28. The highest BCUT2D eigenvalue weighted by molar-refractivity contribution is 4.81. The Morgan fingerprint density at radius 2 is 1.40 bits per heavy atom. The first-order chi connectivity index (χ1) is 7.25. The van der Waals surface area contributed by atoms with E-state index in [-0.39, 0.29) is 0 Å². The molecule has 0 aromatic rings. The van der Waals surface area contributed by atoms with Gasteiger partial charge in [0.1, 0.15) is 0 Å². The van der Waals surface area contributed by atoms with Crippen molar-refractivity contribution in [3.8, 4) is 0 Å². The Morgan fingerprint density at radius 3 is 2.07 bits per heavy atom.